The second-order valence-electron chi connectivity index (χ2n) is 3.24. The first kappa shape index (κ1) is 12.7. The van der Waals surface area contributed by atoms with Crippen molar-refractivity contribution in [3.63, 3.8) is 0 Å². The van der Waals surface area contributed by atoms with E-state index in [2.05, 4.69) is 15.9 Å². The van der Waals surface area contributed by atoms with E-state index in [0.717, 1.165) is 4.47 Å². The third kappa shape index (κ3) is 3.59. The van der Waals surface area contributed by atoms with Crippen molar-refractivity contribution in [1.82, 2.24) is 0 Å². The van der Waals surface area contributed by atoms with E-state index in [-0.39, 0.29) is 6.10 Å². The summed E-state index contributed by atoms with van der Waals surface area (Å²) < 4.78 is 17.9. The summed E-state index contributed by atoms with van der Waals surface area (Å²) in [5.41, 5.74) is 6.31. The lowest BCUT2D eigenvalue weighted by Gasteiger charge is -2.10. The zero-order chi connectivity index (χ0) is 11.4. The summed E-state index contributed by atoms with van der Waals surface area (Å²) in [4.78, 5) is 0.660. The van der Waals surface area contributed by atoms with Crippen LogP contribution in [-0.2, 0) is 15.5 Å². The predicted octanol–water partition coefficient (Wildman–Crippen LogP) is 2.17. The maximum absolute atomic E-state index is 11.9. The molecule has 2 atom stereocenters. The van der Waals surface area contributed by atoms with Crippen LogP contribution in [0, 0.1) is 0 Å². The van der Waals surface area contributed by atoms with Gasteiger partial charge in [-0.25, -0.2) is 0 Å². The molecule has 0 aromatic heterocycles. The summed E-state index contributed by atoms with van der Waals surface area (Å²) >= 11 is 3.33. The molecule has 0 amide bonds. The van der Waals surface area contributed by atoms with Gasteiger partial charge in [-0.3, -0.25) is 4.21 Å². The predicted molar refractivity (Wildman–Crippen MR) is 66.3 cm³/mol. The molecular weight excluding hydrogens is 278 g/mol. The van der Waals surface area contributed by atoms with Crippen LogP contribution < -0.4 is 5.73 Å². The molecule has 0 bridgehead atoms. The number of nitrogens with two attached hydrogens (primary N) is 1. The smallest absolute Gasteiger partial charge is 0.0662 e. The summed E-state index contributed by atoms with van der Waals surface area (Å²) in [7, 11) is 0.488. The van der Waals surface area contributed by atoms with Crippen LogP contribution in [0.2, 0.25) is 0 Å². The molecular formula is C10H14BrNO2S. The van der Waals surface area contributed by atoms with Crippen LogP contribution >= 0.6 is 15.9 Å². The number of hydrogen-bond acceptors (Lipinski definition) is 3. The summed E-state index contributed by atoms with van der Waals surface area (Å²) in [5, 5.41) is 0. The van der Waals surface area contributed by atoms with Gasteiger partial charge in [0.15, 0.2) is 0 Å². The molecule has 2 unspecified atom stereocenters. The number of rotatable bonds is 4. The highest BCUT2D eigenvalue weighted by Gasteiger charge is 2.12. The minimum absolute atomic E-state index is 0.0378. The van der Waals surface area contributed by atoms with Gasteiger partial charge >= 0.3 is 0 Å². The molecule has 0 saturated heterocycles. The van der Waals surface area contributed by atoms with Crippen molar-refractivity contribution in [2.24, 2.45) is 0 Å². The Morgan fingerprint density at radius 1 is 1.60 bits per heavy atom. The highest BCUT2D eigenvalue weighted by Crippen LogP contribution is 2.22. The fourth-order valence-electron chi connectivity index (χ4n) is 1.08. The summed E-state index contributed by atoms with van der Waals surface area (Å²) in [6, 6.07) is 5.36. The van der Waals surface area contributed by atoms with Crippen LogP contribution in [0.25, 0.3) is 0 Å². The van der Waals surface area contributed by atoms with Crippen molar-refractivity contribution in [3.8, 4) is 0 Å². The molecule has 0 aliphatic carbocycles. The lowest BCUT2D eigenvalue weighted by molar-refractivity contribution is 0.137. The van der Waals surface area contributed by atoms with E-state index in [1.165, 1.54) is 0 Å². The molecule has 1 rings (SSSR count). The second-order valence-corrected chi connectivity index (χ2v) is 5.62. The Hall–Kier alpha value is -0.390. The Kier molecular flexibility index (Phi) is 4.76. The molecule has 3 nitrogen and oxygen atoms in total. The van der Waals surface area contributed by atoms with Gasteiger partial charge < -0.3 is 10.5 Å². The normalized spacial score (nSPS) is 14.9. The van der Waals surface area contributed by atoms with Gasteiger partial charge in [-0.2, -0.15) is 0 Å². The minimum atomic E-state index is -1.12. The number of halogens is 1. The maximum atomic E-state index is 11.9. The molecule has 1 aromatic carbocycles. The fourth-order valence-corrected chi connectivity index (χ4v) is 2.92. The molecule has 0 saturated carbocycles. The Labute approximate surface area is 101 Å². The maximum Gasteiger partial charge on any atom is 0.0662 e. The van der Waals surface area contributed by atoms with Crippen molar-refractivity contribution in [3.05, 3.63) is 22.7 Å². The average Bonchev–Trinajstić information content (AvgIpc) is 2.21. The van der Waals surface area contributed by atoms with E-state index in [1.54, 1.807) is 19.2 Å². The van der Waals surface area contributed by atoms with E-state index in [0.29, 0.717) is 16.3 Å². The van der Waals surface area contributed by atoms with Gasteiger partial charge in [0.2, 0.25) is 0 Å². The molecule has 5 heteroatoms. The number of ether oxygens (including phenoxy) is 1. The van der Waals surface area contributed by atoms with Gasteiger partial charge in [-0.15, -0.1) is 0 Å². The Bertz CT molecular complexity index is 370. The molecule has 0 aliphatic heterocycles. The van der Waals surface area contributed by atoms with Crippen LogP contribution in [-0.4, -0.2) is 23.2 Å². The number of hydrogen-bond donors (Lipinski definition) is 1. The standard InChI is InChI=1S/C10H14BrNO2S/c1-7(14-2)6-15(13)10-5-8(11)3-4-9(10)12/h3-5,7H,6,12H2,1-2H3. The SMILES string of the molecule is COC(C)CS(=O)c1cc(Br)ccc1N. The van der Waals surface area contributed by atoms with Gasteiger partial charge in [0.25, 0.3) is 0 Å². The largest absolute Gasteiger partial charge is 0.398 e. The Balaban J connectivity index is 2.86. The van der Waals surface area contributed by atoms with Crippen molar-refractivity contribution < 1.29 is 8.95 Å². The molecule has 1 aromatic rings. The zero-order valence-electron chi connectivity index (χ0n) is 8.70. The van der Waals surface area contributed by atoms with Crippen molar-refractivity contribution >= 4 is 32.4 Å². The quantitative estimate of drug-likeness (QED) is 0.865. The molecule has 0 heterocycles. The van der Waals surface area contributed by atoms with E-state index >= 15 is 0 Å². The first-order chi connectivity index (χ1) is 7.04. The molecule has 0 spiro atoms. The van der Waals surface area contributed by atoms with Crippen LogP contribution in [0.5, 0.6) is 0 Å². The van der Waals surface area contributed by atoms with Crippen molar-refractivity contribution in [1.29, 1.82) is 0 Å². The van der Waals surface area contributed by atoms with Crippen molar-refractivity contribution in [2.45, 2.75) is 17.9 Å². The second kappa shape index (κ2) is 5.63. The van der Waals surface area contributed by atoms with Gasteiger partial charge in [-0.1, -0.05) is 15.9 Å². The average molecular weight is 292 g/mol. The van der Waals surface area contributed by atoms with Crippen LogP contribution in [0.3, 0.4) is 0 Å². The lowest BCUT2D eigenvalue weighted by atomic mass is 10.3. The van der Waals surface area contributed by atoms with Crippen molar-refractivity contribution in [2.75, 3.05) is 18.6 Å². The molecule has 0 radical (unpaired) electrons. The zero-order valence-corrected chi connectivity index (χ0v) is 11.1. The molecule has 0 aliphatic rings. The minimum Gasteiger partial charge on any atom is -0.398 e. The van der Waals surface area contributed by atoms with Crippen LogP contribution in [0.1, 0.15) is 6.92 Å². The third-order valence-electron chi connectivity index (χ3n) is 2.01. The van der Waals surface area contributed by atoms with E-state index in [9.17, 15) is 4.21 Å². The molecule has 15 heavy (non-hydrogen) atoms. The number of benzene rings is 1. The van der Waals surface area contributed by atoms with Crippen LogP contribution in [0.4, 0.5) is 5.69 Å². The van der Waals surface area contributed by atoms with Gasteiger partial charge in [0.1, 0.15) is 0 Å². The Morgan fingerprint density at radius 3 is 2.87 bits per heavy atom. The van der Waals surface area contributed by atoms with Crippen LogP contribution in [0.15, 0.2) is 27.6 Å². The highest BCUT2D eigenvalue weighted by atomic mass is 79.9. The highest BCUT2D eigenvalue weighted by molar-refractivity contribution is 9.10. The number of methoxy groups -OCH3 is 1. The third-order valence-corrected chi connectivity index (χ3v) is 4.12. The van der Waals surface area contributed by atoms with Gasteiger partial charge in [0, 0.05) is 17.3 Å². The topological polar surface area (TPSA) is 52.3 Å². The summed E-state index contributed by atoms with van der Waals surface area (Å²) in [6.45, 7) is 1.88. The van der Waals surface area contributed by atoms with Gasteiger partial charge in [0.05, 0.1) is 27.6 Å². The van der Waals surface area contributed by atoms with Gasteiger partial charge in [-0.05, 0) is 25.1 Å². The lowest BCUT2D eigenvalue weighted by Crippen LogP contribution is -2.16. The molecule has 84 valence electrons. The first-order valence-corrected chi connectivity index (χ1v) is 6.62. The summed E-state index contributed by atoms with van der Waals surface area (Å²) in [6.07, 6.45) is -0.0378. The monoisotopic (exact) mass is 291 g/mol. The first-order valence-electron chi connectivity index (χ1n) is 4.50. The van der Waals surface area contributed by atoms with E-state index < -0.39 is 10.8 Å². The fraction of sp³-hybridized carbons (Fsp3) is 0.400. The molecule has 2 N–H and O–H groups in total. The Morgan fingerprint density at radius 2 is 2.27 bits per heavy atom. The number of nitrogen functional groups attached to an aromatic ring is 1. The summed E-state index contributed by atoms with van der Waals surface area (Å²) in [5.74, 6) is 0.456. The van der Waals surface area contributed by atoms with E-state index in [4.69, 9.17) is 10.5 Å². The molecule has 0 fully saturated rings. The van der Waals surface area contributed by atoms with E-state index in [1.807, 2.05) is 13.0 Å². The number of anilines is 1.